The lowest BCUT2D eigenvalue weighted by molar-refractivity contribution is -0.149. The number of carbonyl (C=O) groups is 1. The molecule has 0 N–H and O–H groups in total. The number of hydrogen-bond acceptors (Lipinski definition) is 8. The van der Waals surface area contributed by atoms with Gasteiger partial charge in [-0.2, -0.15) is 0 Å². The van der Waals surface area contributed by atoms with Crippen LogP contribution in [0, 0.1) is 0 Å². The van der Waals surface area contributed by atoms with Crippen LogP contribution in [0.3, 0.4) is 0 Å². The zero-order valence-corrected chi connectivity index (χ0v) is 22.8. The first-order chi connectivity index (χ1) is 16.0. The number of esters is 1. The molecule has 1 fully saturated rings. The molecule has 1 saturated heterocycles. The Hall–Kier alpha value is -1.91. The summed E-state index contributed by atoms with van der Waals surface area (Å²) in [5, 5.41) is 0. The molecule has 0 bridgehead atoms. The summed E-state index contributed by atoms with van der Waals surface area (Å²) in [6.45, 7) is 11.3. The minimum atomic E-state index is -1.35. The van der Waals surface area contributed by atoms with E-state index < -0.39 is 19.8 Å². The van der Waals surface area contributed by atoms with E-state index in [0.29, 0.717) is 42.3 Å². The molecule has 0 unspecified atom stereocenters. The lowest BCUT2D eigenvalue weighted by Gasteiger charge is -2.18. The summed E-state index contributed by atoms with van der Waals surface area (Å²) in [5.74, 6) is -0.212. The van der Waals surface area contributed by atoms with Crippen molar-refractivity contribution in [1.29, 1.82) is 0 Å². The van der Waals surface area contributed by atoms with Crippen LogP contribution in [-0.4, -0.2) is 73.4 Å². The van der Waals surface area contributed by atoms with Gasteiger partial charge in [-0.1, -0.05) is 31.8 Å². The molecule has 1 aliphatic rings. The molecule has 0 radical (unpaired) electrons. The maximum Gasteiger partial charge on any atom is 0.342 e. The first kappa shape index (κ1) is 28.3. The molecule has 0 amide bonds. The Morgan fingerprint density at radius 1 is 1.09 bits per heavy atom. The van der Waals surface area contributed by atoms with Crippen LogP contribution in [0.5, 0.6) is 11.5 Å². The lowest BCUT2D eigenvalue weighted by Crippen LogP contribution is -2.26. The van der Waals surface area contributed by atoms with Gasteiger partial charge in [-0.15, -0.1) is 0 Å². The zero-order valence-electron chi connectivity index (χ0n) is 21.8. The Balaban J connectivity index is 2.30. The van der Waals surface area contributed by atoms with Crippen LogP contribution in [0.25, 0.3) is 6.08 Å². The highest BCUT2D eigenvalue weighted by Crippen LogP contribution is 2.33. The van der Waals surface area contributed by atoms with Crippen LogP contribution < -0.4 is 9.47 Å². The van der Waals surface area contributed by atoms with E-state index in [9.17, 15) is 4.79 Å². The highest BCUT2D eigenvalue weighted by atomic mass is 28.3. The number of hydrogen-bond donors (Lipinski definition) is 0. The standard InChI is InChI=1S/C25H40O8Si/c1-25(2)32-20(22(33-25)16-27-3)11-9-10-18-14-19(29-5)15-21(31-17-28-4)23(18)24(26)30-12-13-34(6,7)8/h9-10,14-15,20,22H,11-13,16-17H2,1-8H3/b10-9+/t20-,22+/m0/s1. The molecule has 9 heteroatoms. The van der Waals surface area contributed by atoms with E-state index in [2.05, 4.69) is 19.6 Å². The Labute approximate surface area is 204 Å². The molecular weight excluding hydrogens is 456 g/mol. The van der Waals surface area contributed by atoms with Crippen molar-refractivity contribution in [1.82, 2.24) is 0 Å². The van der Waals surface area contributed by atoms with Gasteiger partial charge in [-0.3, -0.25) is 0 Å². The number of rotatable bonds is 13. The van der Waals surface area contributed by atoms with E-state index >= 15 is 0 Å². The Bertz CT molecular complexity index is 831. The molecule has 34 heavy (non-hydrogen) atoms. The largest absolute Gasteiger partial charge is 0.497 e. The molecule has 0 aromatic heterocycles. The van der Waals surface area contributed by atoms with Crippen LogP contribution in [0.2, 0.25) is 25.7 Å². The van der Waals surface area contributed by atoms with Gasteiger partial charge in [0.05, 0.1) is 26.4 Å². The molecular formula is C25H40O8Si. The Morgan fingerprint density at radius 3 is 2.41 bits per heavy atom. The van der Waals surface area contributed by atoms with Crippen molar-refractivity contribution in [2.45, 2.75) is 63.9 Å². The predicted octanol–water partition coefficient (Wildman–Crippen LogP) is 4.74. The normalized spacial score (nSPS) is 20.0. The highest BCUT2D eigenvalue weighted by Gasteiger charge is 2.40. The fourth-order valence-electron chi connectivity index (χ4n) is 3.58. The van der Waals surface area contributed by atoms with Crippen LogP contribution in [0.1, 0.15) is 36.2 Å². The minimum Gasteiger partial charge on any atom is -0.497 e. The van der Waals surface area contributed by atoms with Gasteiger partial charge in [0.1, 0.15) is 23.2 Å². The molecule has 0 saturated carbocycles. The summed E-state index contributed by atoms with van der Waals surface area (Å²) in [6, 6.07) is 4.33. The number of carbonyl (C=O) groups excluding carboxylic acids is 1. The second-order valence-corrected chi connectivity index (χ2v) is 15.5. The first-order valence-corrected chi connectivity index (χ1v) is 15.2. The van der Waals surface area contributed by atoms with Crippen molar-refractivity contribution >= 4 is 20.1 Å². The second kappa shape index (κ2) is 12.7. The van der Waals surface area contributed by atoms with Gasteiger partial charge in [0, 0.05) is 28.4 Å². The van der Waals surface area contributed by atoms with E-state index in [1.165, 1.54) is 7.11 Å². The van der Waals surface area contributed by atoms with Gasteiger partial charge in [0.15, 0.2) is 12.6 Å². The number of benzene rings is 1. The molecule has 2 atom stereocenters. The fourth-order valence-corrected chi connectivity index (χ4v) is 4.29. The molecule has 1 aromatic carbocycles. The first-order valence-electron chi connectivity index (χ1n) is 11.5. The Morgan fingerprint density at radius 2 is 1.79 bits per heavy atom. The van der Waals surface area contributed by atoms with Crippen molar-refractivity contribution in [2.75, 3.05) is 41.3 Å². The molecule has 8 nitrogen and oxygen atoms in total. The fraction of sp³-hybridized carbons (Fsp3) is 0.640. The van der Waals surface area contributed by atoms with Crippen LogP contribution in [-0.2, 0) is 23.7 Å². The number of ether oxygens (including phenoxy) is 7. The van der Waals surface area contributed by atoms with E-state index in [0.717, 1.165) is 6.04 Å². The van der Waals surface area contributed by atoms with Gasteiger partial charge < -0.3 is 33.2 Å². The van der Waals surface area contributed by atoms with Gasteiger partial charge in [-0.05, 0) is 37.9 Å². The third-order valence-electron chi connectivity index (χ3n) is 5.25. The summed E-state index contributed by atoms with van der Waals surface area (Å²) in [5.41, 5.74) is 0.965. The van der Waals surface area contributed by atoms with Crippen LogP contribution >= 0.6 is 0 Å². The number of methoxy groups -OCH3 is 3. The SMILES string of the molecule is COCOc1cc(OC)cc(/C=C/C[C@@H]2OC(C)(C)O[C@@H]2COC)c1C(=O)OCC[Si](C)(C)C. The maximum absolute atomic E-state index is 13.1. The van der Waals surface area contributed by atoms with Crippen LogP contribution in [0.15, 0.2) is 18.2 Å². The highest BCUT2D eigenvalue weighted by molar-refractivity contribution is 6.76. The topological polar surface area (TPSA) is 81.7 Å². The molecule has 1 heterocycles. The van der Waals surface area contributed by atoms with Gasteiger partial charge in [-0.25, -0.2) is 4.79 Å². The van der Waals surface area contributed by atoms with Gasteiger partial charge in [0.25, 0.3) is 0 Å². The smallest absolute Gasteiger partial charge is 0.342 e. The van der Waals surface area contributed by atoms with E-state index in [4.69, 9.17) is 33.2 Å². The zero-order chi connectivity index (χ0) is 25.4. The molecule has 2 rings (SSSR count). The molecule has 192 valence electrons. The van der Waals surface area contributed by atoms with Gasteiger partial charge in [0.2, 0.25) is 0 Å². The quantitative estimate of drug-likeness (QED) is 0.220. The summed E-state index contributed by atoms with van der Waals surface area (Å²) < 4.78 is 39.1. The van der Waals surface area contributed by atoms with E-state index in [1.54, 1.807) is 26.4 Å². The van der Waals surface area contributed by atoms with Crippen molar-refractivity contribution in [3.63, 3.8) is 0 Å². The third kappa shape index (κ3) is 8.70. The summed E-state index contributed by atoms with van der Waals surface area (Å²) in [6.07, 6.45) is 4.03. The third-order valence-corrected chi connectivity index (χ3v) is 6.95. The monoisotopic (exact) mass is 496 g/mol. The maximum atomic E-state index is 13.1. The van der Waals surface area contributed by atoms with Crippen molar-refractivity contribution < 1.29 is 38.0 Å². The molecule has 1 aliphatic heterocycles. The minimum absolute atomic E-state index is 0.00740. The van der Waals surface area contributed by atoms with Crippen molar-refractivity contribution in [3.05, 3.63) is 29.3 Å². The summed E-state index contributed by atoms with van der Waals surface area (Å²) >= 11 is 0. The molecule has 0 spiro atoms. The van der Waals surface area contributed by atoms with E-state index in [-0.39, 0.29) is 19.0 Å². The summed E-state index contributed by atoms with van der Waals surface area (Å²) in [4.78, 5) is 13.1. The average Bonchev–Trinajstić information content (AvgIpc) is 3.04. The van der Waals surface area contributed by atoms with E-state index in [1.807, 2.05) is 26.0 Å². The summed E-state index contributed by atoms with van der Waals surface area (Å²) in [7, 11) is 3.38. The van der Waals surface area contributed by atoms with Crippen LogP contribution in [0.4, 0.5) is 0 Å². The Kier molecular flexibility index (Phi) is 10.6. The lowest BCUT2D eigenvalue weighted by atomic mass is 10.0. The van der Waals surface area contributed by atoms with Crippen molar-refractivity contribution in [3.8, 4) is 11.5 Å². The predicted molar refractivity (Wildman–Crippen MR) is 133 cm³/mol. The van der Waals surface area contributed by atoms with Gasteiger partial charge >= 0.3 is 5.97 Å². The van der Waals surface area contributed by atoms with Crippen molar-refractivity contribution in [2.24, 2.45) is 0 Å². The molecule has 1 aromatic rings. The average molecular weight is 497 g/mol. The second-order valence-electron chi connectivity index (χ2n) is 9.89. The molecule has 0 aliphatic carbocycles.